The third kappa shape index (κ3) is 15.4. The molecule has 0 bridgehead atoms. The number of carbonyl (C=O) groups is 7. The lowest BCUT2D eigenvalue weighted by molar-refractivity contribution is -0.140. The Hall–Kier alpha value is -4.64. The van der Waals surface area contributed by atoms with E-state index in [-0.39, 0.29) is 67.6 Å². The highest BCUT2D eigenvalue weighted by Gasteiger charge is 2.23. The van der Waals surface area contributed by atoms with E-state index in [1.807, 2.05) is 0 Å². The van der Waals surface area contributed by atoms with Crippen LogP contribution in [0, 0.1) is 0 Å². The van der Waals surface area contributed by atoms with Gasteiger partial charge in [-0.3, -0.25) is 52.8 Å². The first kappa shape index (κ1) is 40.5. The summed E-state index contributed by atoms with van der Waals surface area (Å²) in [7, 11) is 0. The van der Waals surface area contributed by atoms with Crippen LogP contribution in [-0.4, -0.2) is 178 Å². The number of thioether (sulfide) groups is 1. The predicted octanol–water partition coefficient (Wildman–Crippen LogP) is -5.64. The molecule has 274 valence electrons. The molecule has 1 fully saturated rings. The zero-order valence-electron chi connectivity index (χ0n) is 26.8. The number of aromatic nitrogens is 1. The van der Waals surface area contributed by atoms with Gasteiger partial charge in [-0.25, -0.2) is 0 Å². The van der Waals surface area contributed by atoms with Gasteiger partial charge in [0, 0.05) is 64.2 Å². The van der Waals surface area contributed by atoms with Gasteiger partial charge >= 0.3 is 11.9 Å². The van der Waals surface area contributed by atoms with Crippen molar-refractivity contribution >= 4 is 53.2 Å². The maximum absolute atomic E-state index is 12.7. The molecule has 0 saturated carbocycles. The van der Waals surface area contributed by atoms with Crippen molar-refractivity contribution < 1.29 is 54.0 Å². The van der Waals surface area contributed by atoms with Crippen molar-refractivity contribution in [3.8, 4) is 11.8 Å². The second kappa shape index (κ2) is 20.7. The zero-order chi connectivity index (χ0) is 36.5. The van der Waals surface area contributed by atoms with E-state index >= 15 is 0 Å². The molecule has 22 heteroatoms. The Morgan fingerprint density at radius 2 is 1.27 bits per heavy atom. The van der Waals surface area contributed by atoms with Gasteiger partial charge in [0.2, 0.25) is 35.4 Å². The molecule has 1 aromatic rings. The Kier molecular flexibility index (Phi) is 17.1. The molecule has 12 N–H and O–H groups in total. The van der Waals surface area contributed by atoms with Crippen molar-refractivity contribution in [2.24, 2.45) is 11.5 Å². The molecule has 1 aliphatic heterocycles. The van der Waals surface area contributed by atoms with E-state index in [4.69, 9.17) is 11.5 Å². The molecule has 1 aromatic heterocycles. The minimum Gasteiger partial charge on any atom is -0.494 e. The molecule has 1 unspecified atom stereocenters. The van der Waals surface area contributed by atoms with E-state index in [1.54, 1.807) is 14.7 Å². The number of amides is 5. The summed E-state index contributed by atoms with van der Waals surface area (Å²) in [5, 5.41) is 49.0. The normalized spacial score (nSPS) is 15.2. The topological polar surface area (TPSA) is 315 Å². The highest BCUT2D eigenvalue weighted by molar-refractivity contribution is 7.99. The van der Waals surface area contributed by atoms with Crippen molar-refractivity contribution in [3.05, 3.63) is 6.07 Å². The van der Waals surface area contributed by atoms with Crippen LogP contribution in [0.2, 0.25) is 0 Å². The van der Waals surface area contributed by atoms with Crippen LogP contribution in [0.1, 0.15) is 0 Å². The van der Waals surface area contributed by atoms with Gasteiger partial charge in [-0.2, -0.15) is 0 Å². The van der Waals surface area contributed by atoms with Crippen molar-refractivity contribution in [1.29, 1.82) is 0 Å². The van der Waals surface area contributed by atoms with E-state index in [0.29, 0.717) is 39.3 Å². The Balaban J connectivity index is 1.87. The SMILES string of the molecule is NCC(=O)NCC(=O)NCC(=O)NC(CSc1cc(O)n(CCNC(=O)CN2CCN(CC(=O)O)CCN(CC(=O)O)CC2)c1O)C(N)=O. The van der Waals surface area contributed by atoms with Crippen LogP contribution in [-0.2, 0) is 40.1 Å². The van der Waals surface area contributed by atoms with Crippen LogP contribution in [0.25, 0.3) is 0 Å². The van der Waals surface area contributed by atoms with Crippen LogP contribution in [0.15, 0.2) is 11.0 Å². The third-order valence-electron chi connectivity index (χ3n) is 7.11. The summed E-state index contributed by atoms with van der Waals surface area (Å²) in [6, 6.07) is 0.0162. The molecule has 1 atom stereocenters. The van der Waals surface area contributed by atoms with Crippen molar-refractivity contribution in [1.82, 2.24) is 40.5 Å². The van der Waals surface area contributed by atoms with Crippen LogP contribution in [0.4, 0.5) is 0 Å². The lowest BCUT2D eigenvalue weighted by Gasteiger charge is -2.24. The first-order valence-electron chi connectivity index (χ1n) is 15.1. The monoisotopic (exact) mass is 716 g/mol. The molecule has 2 heterocycles. The van der Waals surface area contributed by atoms with E-state index in [0.717, 1.165) is 16.3 Å². The highest BCUT2D eigenvalue weighted by atomic mass is 32.2. The number of hydrogen-bond acceptors (Lipinski definition) is 14. The van der Waals surface area contributed by atoms with Gasteiger partial charge in [0.15, 0.2) is 5.88 Å². The largest absolute Gasteiger partial charge is 0.494 e. The van der Waals surface area contributed by atoms with E-state index in [9.17, 15) is 54.0 Å². The predicted molar refractivity (Wildman–Crippen MR) is 172 cm³/mol. The van der Waals surface area contributed by atoms with Gasteiger partial charge < -0.3 is 53.2 Å². The Labute approximate surface area is 285 Å². The van der Waals surface area contributed by atoms with Gasteiger partial charge in [-0.1, -0.05) is 0 Å². The molecule has 0 aliphatic carbocycles. The van der Waals surface area contributed by atoms with E-state index in [1.165, 1.54) is 6.07 Å². The van der Waals surface area contributed by atoms with Crippen LogP contribution in [0.3, 0.4) is 0 Å². The lowest BCUT2D eigenvalue weighted by Crippen LogP contribution is -2.50. The van der Waals surface area contributed by atoms with Crippen molar-refractivity contribution in [3.63, 3.8) is 0 Å². The second-order valence-corrected chi connectivity index (χ2v) is 12.0. The number of aliphatic carboxylic acids is 2. The number of nitrogens with one attached hydrogen (secondary N) is 4. The molecule has 0 spiro atoms. The molecule has 1 aliphatic rings. The number of nitrogens with zero attached hydrogens (tertiary/aromatic N) is 4. The summed E-state index contributed by atoms with van der Waals surface area (Å²) in [6.45, 7) is 0.443. The van der Waals surface area contributed by atoms with Gasteiger partial charge in [0.05, 0.1) is 44.2 Å². The Morgan fingerprint density at radius 3 is 1.78 bits per heavy atom. The summed E-state index contributed by atoms with van der Waals surface area (Å²) < 4.78 is 1.12. The first-order chi connectivity index (χ1) is 23.2. The average Bonchev–Trinajstić information content (AvgIpc) is 3.34. The van der Waals surface area contributed by atoms with Gasteiger partial charge in [0.1, 0.15) is 6.04 Å². The fourth-order valence-electron chi connectivity index (χ4n) is 4.54. The lowest BCUT2D eigenvalue weighted by atomic mass is 10.3. The first-order valence-corrected chi connectivity index (χ1v) is 16.1. The number of nitrogens with two attached hydrogens (primary N) is 2. The minimum atomic E-state index is -1.21. The molecule has 49 heavy (non-hydrogen) atoms. The van der Waals surface area contributed by atoms with Gasteiger partial charge in [-0.15, -0.1) is 11.8 Å². The summed E-state index contributed by atoms with van der Waals surface area (Å²) in [5.74, 6) is -6.13. The molecular formula is C27H44N10O11S. The van der Waals surface area contributed by atoms with Crippen LogP contribution >= 0.6 is 11.8 Å². The summed E-state index contributed by atoms with van der Waals surface area (Å²) in [4.78, 5) is 87.5. The average molecular weight is 717 g/mol. The fraction of sp³-hybridized carbons (Fsp3) is 0.593. The maximum Gasteiger partial charge on any atom is 0.317 e. The van der Waals surface area contributed by atoms with Gasteiger partial charge in [-0.05, 0) is 0 Å². The molecule has 0 aromatic carbocycles. The summed E-state index contributed by atoms with van der Waals surface area (Å²) in [5.41, 5.74) is 10.5. The summed E-state index contributed by atoms with van der Waals surface area (Å²) in [6.07, 6.45) is 0. The number of carboxylic acid groups (broad SMARTS) is 2. The quantitative estimate of drug-likeness (QED) is 0.0597. The Bertz CT molecular complexity index is 1320. The maximum atomic E-state index is 12.7. The third-order valence-corrected chi connectivity index (χ3v) is 8.23. The molecule has 5 amide bonds. The molecule has 21 nitrogen and oxygen atoms in total. The van der Waals surface area contributed by atoms with E-state index in [2.05, 4.69) is 21.3 Å². The number of primary amides is 1. The number of aromatic hydroxyl groups is 2. The number of rotatable bonds is 19. The standard InChI is InChI=1S/C27H44N10O11S/c28-10-19(38)31-11-20(39)32-12-21(40)33-17(26(29)47)16-49-18-9-23(42)37(27(18)48)2-1-30-22(41)13-34-3-5-35(14-24(43)44)7-8-36(6-4-34)15-25(45)46/h9,17,42,48H,1-8,10-16,28H2,(H2,29,47)(H,30,41)(H,31,38)(H,32,39)(H,33,40)(H,43,44)(H,45,46). The number of carbonyl (C=O) groups excluding carboxylic acids is 5. The molecule has 1 saturated heterocycles. The summed E-state index contributed by atoms with van der Waals surface area (Å²) >= 11 is 0.906. The van der Waals surface area contributed by atoms with Crippen molar-refractivity contribution in [2.45, 2.75) is 17.5 Å². The smallest absolute Gasteiger partial charge is 0.317 e. The minimum absolute atomic E-state index is 0.00441. The highest BCUT2D eigenvalue weighted by Crippen LogP contribution is 2.35. The van der Waals surface area contributed by atoms with Crippen molar-refractivity contribution in [2.75, 3.05) is 90.8 Å². The Morgan fingerprint density at radius 1 is 0.755 bits per heavy atom. The number of hydrogen-bond donors (Lipinski definition) is 10. The molecule has 2 rings (SSSR count). The van der Waals surface area contributed by atoms with Gasteiger partial charge in [0.25, 0.3) is 0 Å². The zero-order valence-corrected chi connectivity index (χ0v) is 27.6. The molecule has 0 radical (unpaired) electrons. The van der Waals surface area contributed by atoms with E-state index < -0.39 is 54.7 Å². The van der Waals surface area contributed by atoms with Crippen LogP contribution < -0.4 is 32.7 Å². The second-order valence-electron chi connectivity index (χ2n) is 10.9. The fourth-order valence-corrected chi connectivity index (χ4v) is 5.56. The number of carboxylic acids is 2. The van der Waals surface area contributed by atoms with Crippen LogP contribution in [0.5, 0.6) is 11.8 Å². The molecular weight excluding hydrogens is 672 g/mol.